The highest BCUT2D eigenvalue weighted by Gasteiger charge is 2.27. The molecule has 1 aromatic carbocycles. The molecule has 1 aliphatic heterocycles. The van der Waals surface area contributed by atoms with Crippen LogP contribution in [0.4, 0.5) is 0 Å². The summed E-state index contributed by atoms with van der Waals surface area (Å²) in [4.78, 5) is 2.54. The summed E-state index contributed by atoms with van der Waals surface area (Å²) < 4.78 is 0. The number of likely N-dealkylation sites (N-methyl/N-ethyl adjacent to an activating group) is 1. The van der Waals surface area contributed by atoms with Crippen LogP contribution in [0.5, 0.6) is 5.75 Å². The number of likely N-dealkylation sites (tertiary alicyclic amines) is 1. The molecule has 1 aliphatic rings. The summed E-state index contributed by atoms with van der Waals surface area (Å²) >= 11 is 0. The SMILES string of the molecule is CNCC1CCCCN1C(C)c1cc(C)ccc1O. The van der Waals surface area contributed by atoms with Crippen LogP contribution < -0.4 is 5.32 Å². The van der Waals surface area contributed by atoms with Crippen LogP contribution in [0.2, 0.25) is 0 Å². The number of aromatic hydroxyl groups is 1. The van der Waals surface area contributed by atoms with Gasteiger partial charge in [0.2, 0.25) is 0 Å². The minimum atomic E-state index is 0.276. The Hall–Kier alpha value is -1.06. The van der Waals surface area contributed by atoms with Crippen LogP contribution in [0.25, 0.3) is 0 Å². The van der Waals surface area contributed by atoms with E-state index < -0.39 is 0 Å². The molecule has 2 unspecified atom stereocenters. The highest BCUT2D eigenvalue weighted by molar-refractivity contribution is 5.37. The topological polar surface area (TPSA) is 35.5 Å². The first kappa shape index (κ1) is 14.4. The van der Waals surface area contributed by atoms with E-state index in [0.717, 1.165) is 18.7 Å². The minimum Gasteiger partial charge on any atom is -0.508 e. The number of nitrogens with one attached hydrogen (secondary N) is 1. The number of benzene rings is 1. The minimum absolute atomic E-state index is 0.276. The quantitative estimate of drug-likeness (QED) is 0.876. The second kappa shape index (κ2) is 6.40. The number of nitrogens with zero attached hydrogens (tertiary/aromatic N) is 1. The standard InChI is InChI=1S/C16H26N2O/c1-12-7-8-16(19)15(10-12)13(2)18-9-5-4-6-14(18)11-17-3/h7-8,10,13-14,17,19H,4-6,9,11H2,1-3H3. The lowest BCUT2D eigenvalue weighted by molar-refractivity contribution is 0.102. The molecule has 1 aromatic rings. The maximum Gasteiger partial charge on any atom is 0.120 e. The molecule has 2 N–H and O–H groups in total. The van der Waals surface area contributed by atoms with E-state index in [4.69, 9.17) is 0 Å². The molecule has 3 heteroatoms. The number of aryl methyl sites for hydroxylation is 1. The number of phenolic OH excluding ortho intramolecular Hbond substituents is 1. The van der Waals surface area contributed by atoms with E-state index in [2.05, 4.69) is 30.1 Å². The predicted octanol–water partition coefficient (Wildman–Crippen LogP) is 2.84. The van der Waals surface area contributed by atoms with Gasteiger partial charge in [0, 0.05) is 24.2 Å². The Morgan fingerprint density at radius 3 is 2.95 bits per heavy atom. The first-order valence-electron chi connectivity index (χ1n) is 7.33. The monoisotopic (exact) mass is 262 g/mol. The smallest absolute Gasteiger partial charge is 0.120 e. The van der Waals surface area contributed by atoms with Gasteiger partial charge in [-0.1, -0.05) is 24.1 Å². The molecule has 2 rings (SSSR count). The molecule has 2 atom stereocenters. The largest absolute Gasteiger partial charge is 0.508 e. The third-order valence-electron chi connectivity index (χ3n) is 4.24. The van der Waals surface area contributed by atoms with Crippen molar-refractivity contribution in [1.29, 1.82) is 0 Å². The Labute approximate surface area is 116 Å². The Bertz CT molecular complexity index is 417. The molecule has 1 heterocycles. The van der Waals surface area contributed by atoms with Crippen LogP contribution in [-0.2, 0) is 0 Å². The number of phenols is 1. The number of hydrogen-bond donors (Lipinski definition) is 2. The van der Waals surface area contributed by atoms with Gasteiger partial charge in [0.05, 0.1) is 0 Å². The first-order valence-corrected chi connectivity index (χ1v) is 7.33. The summed E-state index contributed by atoms with van der Waals surface area (Å²) in [5.74, 6) is 0.423. The Balaban J connectivity index is 2.20. The van der Waals surface area contributed by atoms with E-state index in [1.807, 2.05) is 19.2 Å². The van der Waals surface area contributed by atoms with Gasteiger partial charge in [0.25, 0.3) is 0 Å². The summed E-state index contributed by atoms with van der Waals surface area (Å²) in [6, 6.07) is 6.75. The van der Waals surface area contributed by atoms with Crippen molar-refractivity contribution in [2.24, 2.45) is 0 Å². The van der Waals surface area contributed by atoms with Crippen molar-refractivity contribution in [3.05, 3.63) is 29.3 Å². The van der Waals surface area contributed by atoms with Crippen LogP contribution in [0.15, 0.2) is 18.2 Å². The molecule has 0 aliphatic carbocycles. The Morgan fingerprint density at radius 2 is 2.21 bits per heavy atom. The summed E-state index contributed by atoms with van der Waals surface area (Å²) in [5.41, 5.74) is 2.27. The Kier molecular flexibility index (Phi) is 4.83. The van der Waals surface area contributed by atoms with Gasteiger partial charge in [-0.05, 0) is 46.3 Å². The Morgan fingerprint density at radius 1 is 1.42 bits per heavy atom. The maximum atomic E-state index is 10.1. The van der Waals surface area contributed by atoms with E-state index >= 15 is 0 Å². The van der Waals surface area contributed by atoms with E-state index in [0.29, 0.717) is 11.8 Å². The molecule has 0 bridgehead atoms. The van der Waals surface area contributed by atoms with Gasteiger partial charge < -0.3 is 10.4 Å². The average molecular weight is 262 g/mol. The lowest BCUT2D eigenvalue weighted by Gasteiger charge is -2.40. The van der Waals surface area contributed by atoms with Crippen molar-refractivity contribution in [2.45, 2.75) is 45.2 Å². The molecular weight excluding hydrogens is 236 g/mol. The second-order valence-electron chi connectivity index (χ2n) is 5.68. The van der Waals surface area contributed by atoms with Crippen molar-refractivity contribution in [1.82, 2.24) is 10.2 Å². The van der Waals surface area contributed by atoms with Crippen molar-refractivity contribution in [3.8, 4) is 5.75 Å². The van der Waals surface area contributed by atoms with Gasteiger partial charge in [-0.15, -0.1) is 0 Å². The zero-order valence-corrected chi connectivity index (χ0v) is 12.3. The van der Waals surface area contributed by atoms with Crippen molar-refractivity contribution in [3.63, 3.8) is 0 Å². The summed E-state index contributed by atoms with van der Waals surface area (Å²) in [6.45, 7) is 6.44. The predicted molar refractivity (Wildman–Crippen MR) is 79.5 cm³/mol. The molecule has 0 spiro atoms. The molecule has 0 saturated carbocycles. The summed E-state index contributed by atoms with van der Waals surface area (Å²) in [6.07, 6.45) is 3.82. The number of hydrogen-bond acceptors (Lipinski definition) is 3. The molecule has 1 saturated heterocycles. The fraction of sp³-hybridized carbons (Fsp3) is 0.625. The molecular formula is C16H26N2O. The van der Waals surface area contributed by atoms with Crippen LogP contribution in [0, 0.1) is 6.92 Å². The van der Waals surface area contributed by atoms with E-state index in [9.17, 15) is 5.11 Å². The van der Waals surface area contributed by atoms with Gasteiger partial charge in [-0.2, -0.15) is 0 Å². The molecule has 0 amide bonds. The van der Waals surface area contributed by atoms with E-state index in [-0.39, 0.29) is 6.04 Å². The molecule has 3 nitrogen and oxygen atoms in total. The zero-order chi connectivity index (χ0) is 13.8. The van der Waals surface area contributed by atoms with Gasteiger partial charge in [0.15, 0.2) is 0 Å². The summed E-state index contributed by atoms with van der Waals surface area (Å²) in [5, 5.41) is 13.4. The second-order valence-corrected chi connectivity index (χ2v) is 5.68. The molecule has 106 valence electrons. The van der Waals surface area contributed by atoms with Crippen LogP contribution >= 0.6 is 0 Å². The van der Waals surface area contributed by atoms with Crippen molar-refractivity contribution in [2.75, 3.05) is 20.1 Å². The van der Waals surface area contributed by atoms with Gasteiger partial charge in [-0.25, -0.2) is 0 Å². The molecule has 0 radical (unpaired) electrons. The summed E-state index contributed by atoms with van der Waals surface area (Å²) in [7, 11) is 2.02. The molecule has 1 fully saturated rings. The number of piperidine rings is 1. The van der Waals surface area contributed by atoms with Crippen LogP contribution in [0.3, 0.4) is 0 Å². The highest BCUT2D eigenvalue weighted by Crippen LogP contribution is 2.33. The van der Waals surface area contributed by atoms with Gasteiger partial charge in [-0.3, -0.25) is 4.90 Å². The van der Waals surface area contributed by atoms with E-state index in [1.54, 1.807) is 0 Å². The normalized spacial score (nSPS) is 22.4. The lowest BCUT2D eigenvalue weighted by Crippen LogP contribution is -2.45. The fourth-order valence-electron chi connectivity index (χ4n) is 3.17. The van der Waals surface area contributed by atoms with Gasteiger partial charge in [0.1, 0.15) is 5.75 Å². The van der Waals surface area contributed by atoms with Crippen molar-refractivity contribution >= 4 is 0 Å². The lowest BCUT2D eigenvalue weighted by atomic mass is 9.96. The zero-order valence-electron chi connectivity index (χ0n) is 12.3. The molecule has 0 aromatic heterocycles. The average Bonchev–Trinajstić information content (AvgIpc) is 2.42. The van der Waals surface area contributed by atoms with Crippen LogP contribution in [-0.4, -0.2) is 36.2 Å². The first-order chi connectivity index (χ1) is 9.13. The number of rotatable bonds is 4. The van der Waals surface area contributed by atoms with E-state index in [1.165, 1.54) is 24.8 Å². The highest BCUT2D eigenvalue weighted by atomic mass is 16.3. The van der Waals surface area contributed by atoms with Gasteiger partial charge >= 0.3 is 0 Å². The third kappa shape index (κ3) is 3.28. The van der Waals surface area contributed by atoms with Crippen molar-refractivity contribution < 1.29 is 5.11 Å². The van der Waals surface area contributed by atoms with Crippen LogP contribution in [0.1, 0.15) is 43.4 Å². The maximum absolute atomic E-state index is 10.1. The molecule has 19 heavy (non-hydrogen) atoms. The fourth-order valence-corrected chi connectivity index (χ4v) is 3.17. The third-order valence-corrected chi connectivity index (χ3v) is 4.24.